The van der Waals surface area contributed by atoms with Gasteiger partial charge in [0.1, 0.15) is 36.3 Å². The van der Waals surface area contributed by atoms with Crippen LogP contribution in [0.25, 0.3) is 0 Å². The van der Waals surface area contributed by atoms with Crippen molar-refractivity contribution in [1.29, 1.82) is 0 Å². The van der Waals surface area contributed by atoms with Gasteiger partial charge in [-0.3, -0.25) is 28.8 Å². The quantitative estimate of drug-likeness (QED) is 0.0231. The van der Waals surface area contributed by atoms with Gasteiger partial charge < -0.3 is 72.6 Å². The van der Waals surface area contributed by atoms with Crippen molar-refractivity contribution in [3.8, 4) is 0 Å². The molecule has 0 saturated heterocycles. The van der Waals surface area contributed by atoms with Gasteiger partial charge in [0.05, 0.1) is 44.0 Å². The molecule has 7 unspecified atom stereocenters. The summed E-state index contributed by atoms with van der Waals surface area (Å²) in [6, 6.07) is -9.14. The van der Waals surface area contributed by atoms with E-state index in [9.17, 15) is 38.7 Å². The Morgan fingerprint density at radius 1 is 0.449 bits per heavy atom. The van der Waals surface area contributed by atoms with Crippen LogP contribution >= 0.6 is 11.8 Å². The van der Waals surface area contributed by atoms with Crippen molar-refractivity contribution in [2.75, 3.05) is 12.0 Å². The van der Waals surface area contributed by atoms with E-state index in [1.807, 2.05) is 6.26 Å². The molecule has 0 spiro atoms. The fraction of sp³-hybridized carbons (Fsp3) is 0.390. The Morgan fingerprint density at radius 2 is 0.681 bits per heavy atom. The summed E-state index contributed by atoms with van der Waals surface area (Å²) in [6.45, 7) is 0. The van der Waals surface area contributed by atoms with Crippen LogP contribution in [0, 0.1) is 0 Å². The first kappa shape index (κ1) is 50.3. The zero-order valence-electron chi connectivity index (χ0n) is 37.1. The van der Waals surface area contributed by atoms with Gasteiger partial charge in [0.15, 0.2) is 0 Å². The second kappa shape index (κ2) is 25.1. The molecule has 0 fully saturated rings. The molecular formula is C41H53N19O8S. The zero-order chi connectivity index (χ0) is 49.1. The molecular weight excluding hydrogens is 919 g/mol. The number of imidazole rings is 6. The Bertz CT molecular complexity index is 2520. The number of carboxylic acid groups (broad SMARTS) is 1. The van der Waals surface area contributed by atoms with Crippen LogP contribution in [-0.2, 0) is 72.1 Å². The average Bonchev–Trinajstić information content (AvgIpc) is 4.19. The van der Waals surface area contributed by atoms with Gasteiger partial charge in [0.25, 0.3) is 0 Å². The standard InChI is InChI=1S/C41H53N19O8S/c1-69-3-2-28(42)35(61)55-29(4-22-10-43-16-49-22)36(62)56-30(5-23-11-44-17-50-23)37(63)57-31(6-24-12-45-18-51-24)38(64)58-32(7-25-13-46-19-52-25)39(65)59-33(8-26-14-47-20-53-26)40(66)60-34(41(67)68)9-27-15-48-21-54-27/h10-21,28-34H,2-9,42H2,1H3,(H,43,49)(H,44,50)(H,45,51)(H,46,52)(H,47,53)(H,48,54)(H,55,61)(H,56,62)(H,57,63)(H,58,64)(H,59,65)(H,60,66)(H,67,68). The highest BCUT2D eigenvalue weighted by Gasteiger charge is 2.35. The largest absolute Gasteiger partial charge is 0.480 e. The molecule has 6 aromatic heterocycles. The molecule has 0 saturated carbocycles. The second-order valence-corrected chi connectivity index (χ2v) is 16.8. The summed E-state index contributed by atoms with van der Waals surface area (Å²) in [4.78, 5) is 138. The number of nitrogens with two attached hydrogens (primary N) is 1. The Kier molecular flexibility index (Phi) is 18.3. The summed E-state index contributed by atoms with van der Waals surface area (Å²) < 4.78 is 0. The Labute approximate surface area is 396 Å². The number of rotatable bonds is 28. The van der Waals surface area contributed by atoms with Crippen LogP contribution in [0.15, 0.2) is 75.1 Å². The molecule has 27 nitrogen and oxygen atoms in total. The van der Waals surface area contributed by atoms with Gasteiger partial charge in [-0.2, -0.15) is 11.8 Å². The molecule has 366 valence electrons. The lowest BCUT2D eigenvalue weighted by Crippen LogP contribution is -2.61. The monoisotopic (exact) mass is 971 g/mol. The molecule has 0 aliphatic rings. The number of hydrogen-bond acceptors (Lipinski definition) is 15. The average molecular weight is 972 g/mol. The number of aromatic nitrogens is 12. The van der Waals surface area contributed by atoms with Gasteiger partial charge in [-0.25, -0.2) is 34.7 Å². The molecule has 69 heavy (non-hydrogen) atoms. The Morgan fingerprint density at radius 3 is 0.899 bits per heavy atom. The van der Waals surface area contributed by atoms with E-state index >= 15 is 0 Å². The second-order valence-electron chi connectivity index (χ2n) is 15.8. The predicted octanol–water partition coefficient (Wildman–Crippen LogP) is -3.15. The lowest BCUT2D eigenvalue weighted by molar-refractivity contribution is -0.142. The summed E-state index contributed by atoms with van der Waals surface area (Å²) in [5, 5.41) is 25.9. The predicted molar refractivity (Wildman–Crippen MR) is 244 cm³/mol. The maximum absolute atomic E-state index is 14.5. The van der Waals surface area contributed by atoms with Crippen LogP contribution in [0.2, 0.25) is 0 Å². The van der Waals surface area contributed by atoms with Crippen molar-refractivity contribution in [1.82, 2.24) is 91.7 Å². The number of carboxylic acids is 1. The molecule has 6 rings (SSSR count). The maximum Gasteiger partial charge on any atom is 0.326 e. The molecule has 0 aliphatic carbocycles. The minimum atomic E-state index is -1.42. The molecule has 15 N–H and O–H groups in total. The molecule has 28 heteroatoms. The Hall–Kier alpha value is -8.14. The van der Waals surface area contributed by atoms with Gasteiger partial charge in [-0.15, -0.1) is 0 Å². The fourth-order valence-corrected chi connectivity index (χ4v) is 7.45. The molecule has 6 aromatic rings. The smallest absolute Gasteiger partial charge is 0.326 e. The molecule has 0 aliphatic heterocycles. The number of carbonyl (C=O) groups is 7. The van der Waals surface area contributed by atoms with Gasteiger partial charge >= 0.3 is 5.97 Å². The van der Waals surface area contributed by atoms with Crippen molar-refractivity contribution in [2.24, 2.45) is 5.73 Å². The number of amides is 6. The highest BCUT2D eigenvalue weighted by atomic mass is 32.2. The maximum atomic E-state index is 14.5. The highest BCUT2D eigenvalue weighted by molar-refractivity contribution is 7.98. The number of carbonyl (C=O) groups excluding carboxylic acids is 6. The number of nitrogens with one attached hydrogen (secondary N) is 12. The molecule has 6 heterocycles. The Balaban J connectivity index is 1.23. The van der Waals surface area contributed by atoms with E-state index in [0.717, 1.165) is 0 Å². The number of thioether (sulfide) groups is 1. The first-order valence-corrected chi connectivity index (χ1v) is 22.9. The first-order valence-electron chi connectivity index (χ1n) is 21.5. The van der Waals surface area contributed by atoms with Crippen LogP contribution in [0.4, 0.5) is 0 Å². The number of H-pyrrole nitrogens is 6. The van der Waals surface area contributed by atoms with E-state index in [-0.39, 0.29) is 38.5 Å². The van der Waals surface area contributed by atoms with Crippen LogP contribution in [0.5, 0.6) is 0 Å². The van der Waals surface area contributed by atoms with E-state index in [0.29, 0.717) is 46.3 Å². The third-order valence-electron chi connectivity index (χ3n) is 10.6. The van der Waals surface area contributed by atoms with E-state index in [2.05, 4.69) is 91.7 Å². The topological polar surface area (TPSA) is 410 Å². The van der Waals surface area contributed by atoms with Gasteiger partial charge in [-0.1, -0.05) is 0 Å². The SMILES string of the molecule is CSCCC(N)C(=O)NC(Cc1cnc[nH]1)C(=O)NC(Cc1cnc[nH]1)C(=O)NC(Cc1cnc[nH]1)C(=O)NC(Cc1cnc[nH]1)C(=O)NC(Cc1cnc[nH]1)C(=O)NC(Cc1cnc[nH]1)C(=O)O. The summed E-state index contributed by atoms with van der Waals surface area (Å²) in [5.74, 6) is -5.44. The lowest BCUT2D eigenvalue weighted by atomic mass is 10.0. The zero-order valence-corrected chi connectivity index (χ0v) is 37.9. The van der Waals surface area contributed by atoms with E-state index in [1.165, 1.54) is 86.9 Å². The van der Waals surface area contributed by atoms with Crippen molar-refractivity contribution in [3.05, 3.63) is 109 Å². The number of nitrogens with zero attached hydrogens (tertiary/aromatic N) is 6. The minimum Gasteiger partial charge on any atom is -0.480 e. The van der Waals surface area contributed by atoms with Crippen molar-refractivity contribution < 1.29 is 38.7 Å². The third-order valence-corrected chi connectivity index (χ3v) is 11.3. The first-order chi connectivity index (χ1) is 33.3. The summed E-state index contributed by atoms with van der Waals surface area (Å²) in [7, 11) is 0. The molecule has 6 amide bonds. The minimum absolute atomic E-state index is 0.0361. The van der Waals surface area contributed by atoms with E-state index in [1.54, 1.807) is 0 Å². The summed E-state index contributed by atoms with van der Waals surface area (Å²) in [5.41, 5.74) is 8.78. The summed E-state index contributed by atoms with van der Waals surface area (Å²) in [6.07, 6.45) is 18.3. The lowest BCUT2D eigenvalue weighted by Gasteiger charge is -2.27. The highest BCUT2D eigenvalue weighted by Crippen LogP contribution is 2.10. The van der Waals surface area contributed by atoms with E-state index in [4.69, 9.17) is 5.73 Å². The summed E-state index contributed by atoms with van der Waals surface area (Å²) >= 11 is 1.51. The van der Waals surface area contributed by atoms with Crippen LogP contribution < -0.4 is 37.6 Å². The van der Waals surface area contributed by atoms with Gasteiger partial charge in [0.2, 0.25) is 35.4 Å². The van der Waals surface area contributed by atoms with E-state index < -0.39 is 83.7 Å². The van der Waals surface area contributed by atoms with Crippen molar-refractivity contribution >= 4 is 53.2 Å². The molecule has 0 bridgehead atoms. The van der Waals surface area contributed by atoms with Crippen LogP contribution in [-0.4, -0.2) is 161 Å². The van der Waals surface area contributed by atoms with Crippen molar-refractivity contribution in [3.63, 3.8) is 0 Å². The normalized spacial score (nSPS) is 14.2. The number of hydrogen-bond donors (Lipinski definition) is 14. The number of aromatic amines is 6. The van der Waals surface area contributed by atoms with Crippen LogP contribution in [0.3, 0.4) is 0 Å². The van der Waals surface area contributed by atoms with Gasteiger partial charge in [0, 0.05) is 110 Å². The molecule has 7 atom stereocenters. The fourth-order valence-electron chi connectivity index (χ4n) is 6.96. The van der Waals surface area contributed by atoms with Crippen LogP contribution in [0.1, 0.15) is 40.6 Å². The molecule has 0 radical (unpaired) electrons. The van der Waals surface area contributed by atoms with Crippen molar-refractivity contribution in [2.45, 2.75) is 87.2 Å². The third kappa shape index (κ3) is 15.5. The number of aliphatic carboxylic acids is 1. The van der Waals surface area contributed by atoms with Gasteiger partial charge in [-0.05, 0) is 18.4 Å². The molecule has 0 aromatic carbocycles.